The van der Waals surface area contributed by atoms with Crippen molar-refractivity contribution in [3.05, 3.63) is 40.5 Å². The van der Waals surface area contributed by atoms with E-state index in [9.17, 15) is 13.2 Å². The molecule has 0 aromatic heterocycles. The number of amides is 1. The summed E-state index contributed by atoms with van der Waals surface area (Å²) in [4.78, 5) is 17.1. The van der Waals surface area contributed by atoms with Gasteiger partial charge in [0.15, 0.2) is 0 Å². The van der Waals surface area contributed by atoms with Gasteiger partial charge in [0.05, 0.1) is 0 Å². The van der Waals surface area contributed by atoms with E-state index in [1.54, 1.807) is 0 Å². The second kappa shape index (κ2) is 8.77. The molecule has 0 atom stereocenters. The summed E-state index contributed by atoms with van der Waals surface area (Å²) in [7, 11) is -3.73. The largest absolute Gasteiger partial charge is 0.354 e. The Morgan fingerprint density at radius 3 is 2.45 bits per heavy atom. The Kier molecular flexibility index (Phi) is 6.24. The number of carbonyl (C=O) groups excluding carboxylic acids is 1. The van der Waals surface area contributed by atoms with Crippen molar-refractivity contribution in [3.63, 3.8) is 0 Å². The topological polar surface area (TPSA) is 70.1 Å². The molecule has 1 aromatic carbocycles. The van der Waals surface area contributed by atoms with E-state index in [0.29, 0.717) is 53.9 Å². The molecule has 3 aliphatic rings. The average Bonchev–Trinajstić information content (AvgIpc) is 3.20. The highest BCUT2D eigenvalue weighted by Crippen LogP contribution is 2.34. The van der Waals surface area contributed by atoms with E-state index < -0.39 is 10.0 Å². The van der Waals surface area contributed by atoms with E-state index in [-0.39, 0.29) is 5.91 Å². The summed E-state index contributed by atoms with van der Waals surface area (Å²) in [6.07, 6.45) is 6.31. The molecule has 31 heavy (non-hydrogen) atoms. The Bertz CT molecular complexity index is 1040. The van der Waals surface area contributed by atoms with Gasteiger partial charge in [-0.25, -0.2) is 0 Å². The van der Waals surface area contributed by atoms with E-state index in [1.807, 2.05) is 48.8 Å². The molecule has 0 radical (unpaired) electrons. The van der Waals surface area contributed by atoms with Gasteiger partial charge < -0.3 is 9.80 Å². The van der Waals surface area contributed by atoms with Crippen molar-refractivity contribution in [2.45, 2.75) is 59.3 Å². The van der Waals surface area contributed by atoms with Crippen LogP contribution in [0, 0.1) is 19.8 Å². The van der Waals surface area contributed by atoms with Gasteiger partial charge in [0.2, 0.25) is 5.91 Å². The van der Waals surface area contributed by atoms with Crippen LogP contribution in [0.5, 0.6) is 0 Å². The van der Waals surface area contributed by atoms with Crippen molar-refractivity contribution < 1.29 is 13.2 Å². The number of sulfonamides is 1. The Hall–Kier alpha value is -2.15. The number of nitrogens with zero attached hydrogens (tertiary/aromatic N) is 3. The fourth-order valence-electron chi connectivity index (χ4n) is 5.04. The van der Waals surface area contributed by atoms with E-state index >= 15 is 0 Å². The molecule has 1 aliphatic carbocycles. The summed E-state index contributed by atoms with van der Waals surface area (Å²) in [6, 6.07) is 5.75. The minimum absolute atomic E-state index is 0.248. The van der Waals surface area contributed by atoms with E-state index in [1.165, 1.54) is 25.7 Å². The Morgan fingerprint density at radius 2 is 1.74 bits per heavy atom. The molecule has 0 bridgehead atoms. The molecule has 1 amide bonds. The number of aryl methyl sites for hydroxylation is 2. The predicted octanol–water partition coefficient (Wildman–Crippen LogP) is 3.89. The van der Waals surface area contributed by atoms with Crippen LogP contribution in [0.1, 0.15) is 62.1 Å². The van der Waals surface area contributed by atoms with Crippen LogP contribution in [0.25, 0.3) is 4.91 Å². The zero-order valence-electron chi connectivity index (χ0n) is 18.9. The van der Waals surface area contributed by atoms with Crippen molar-refractivity contribution in [1.82, 2.24) is 9.80 Å². The van der Waals surface area contributed by atoms with Crippen LogP contribution in [-0.4, -0.2) is 56.1 Å². The smallest absolute Gasteiger partial charge is 0.285 e. The van der Waals surface area contributed by atoms with Crippen LogP contribution < -0.4 is 0 Å². The van der Waals surface area contributed by atoms with Crippen LogP contribution in [-0.2, 0) is 14.8 Å². The maximum absolute atomic E-state index is 12.9. The molecule has 1 saturated heterocycles. The first-order valence-corrected chi connectivity index (χ1v) is 12.9. The summed E-state index contributed by atoms with van der Waals surface area (Å²) in [5, 5.41) is 0. The van der Waals surface area contributed by atoms with Crippen LogP contribution in [0.2, 0.25) is 0 Å². The lowest BCUT2D eigenvalue weighted by molar-refractivity contribution is -0.132. The molecule has 4 rings (SSSR count). The third-order valence-electron chi connectivity index (χ3n) is 7.00. The van der Waals surface area contributed by atoms with Gasteiger partial charge in [-0.2, -0.15) is 8.42 Å². The highest BCUT2D eigenvalue weighted by Gasteiger charge is 2.34. The fraction of sp³-hybridized carbons (Fsp3) is 0.583. The summed E-state index contributed by atoms with van der Waals surface area (Å²) >= 11 is 0. The lowest BCUT2D eigenvalue weighted by atomic mass is 10.0. The first-order chi connectivity index (χ1) is 14.8. The van der Waals surface area contributed by atoms with Gasteiger partial charge in [-0.3, -0.25) is 4.79 Å². The first kappa shape index (κ1) is 22.1. The number of amidine groups is 1. The maximum atomic E-state index is 12.9. The second-order valence-electron chi connectivity index (χ2n) is 9.22. The molecule has 168 valence electrons. The van der Waals surface area contributed by atoms with Crippen molar-refractivity contribution >= 4 is 26.7 Å². The number of benzene rings is 1. The SMILES string of the molecule is CC1=C(c2ccc(C)c(C)c2)S(=O)(=O)N=C1N1CCCN(C(=O)CC2CCCC2)CC1. The zero-order valence-corrected chi connectivity index (χ0v) is 19.7. The summed E-state index contributed by atoms with van der Waals surface area (Å²) in [5.41, 5.74) is 3.59. The van der Waals surface area contributed by atoms with Crippen molar-refractivity contribution in [3.8, 4) is 0 Å². The average molecular weight is 444 g/mol. The summed E-state index contributed by atoms with van der Waals surface area (Å²) < 4.78 is 30.0. The van der Waals surface area contributed by atoms with Crippen LogP contribution in [0.3, 0.4) is 0 Å². The summed E-state index contributed by atoms with van der Waals surface area (Å²) in [6.45, 7) is 8.53. The normalized spacial score (nSPS) is 22.1. The highest BCUT2D eigenvalue weighted by molar-refractivity contribution is 8.00. The molecule has 0 N–H and O–H groups in total. The van der Waals surface area contributed by atoms with Gasteiger partial charge in [0, 0.05) is 38.2 Å². The third-order valence-corrected chi connectivity index (χ3v) is 8.47. The standard InChI is InChI=1S/C24H33N3O3S/c1-17-9-10-21(15-18(17)2)23-19(3)24(25-31(23,29)30)27-12-6-11-26(13-14-27)22(28)16-20-7-4-5-8-20/h9-10,15,20H,4-8,11-14,16H2,1-3H3. The molecule has 6 nitrogen and oxygen atoms in total. The molecule has 0 unspecified atom stereocenters. The molecule has 2 heterocycles. The second-order valence-corrected chi connectivity index (χ2v) is 10.8. The van der Waals surface area contributed by atoms with Crippen LogP contribution in [0.4, 0.5) is 0 Å². The number of hydrogen-bond acceptors (Lipinski definition) is 4. The Balaban J connectivity index is 1.50. The number of carbonyl (C=O) groups is 1. The fourth-order valence-corrected chi connectivity index (χ4v) is 6.51. The number of rotatable bonds is 3. The highest BCUT2D eigenvalue weighted by atomic mass is 32.2. The van der Waals surface area contributed by atoms with E-state index in [2.05, 4.69) is 4.40 Å². The zero-order chi connectivity index (χ0) is 22.2. The predicted molar refractivity (Wildman–Crippen MR) is 124 cm³/mol. The molecule has 2 fully saturated rings. The van der Waals surface area contributed by atoms with Gasteiger partial charge in [-0.1, -0.05) is 31.0 Å². The lowest BCUT2D eigenvalue weighted by Crippen LogP contribution is -2.37. The lowest BCUT2D eigenvalue weighted by Gasteiger charge is -2.24. The minimum Gasteiger partial charge on any atom is -0.354 e. The van der Waals surface area contributed by atoms with Crippen molar-refractivity contribution in [2.24, 2.45) is 10.3 Å². The van der Waals surface area contributed by atoms with Crippen LogP contribution >= 0.6 is 0 Å². The Morgan fingerprint density at radius 1 is 1.00 bits per heavy atom. The molecule has 1 saturated carbocycles. The van der Waals surface area contributed by atoms with Crippen molar-refractivity contribution in [1.29, 1.82) is 0 Å². The van der Waals surface area contributed by atoms with Gasteiger partial charge in [0.25, 0.3) is 10.0 Å². The quantitative estimate of drug-likeness (QED) is 0.711. The molecular formula is C24H33N3O3S. The number of hydrogen-bond donors (Lipinski definition) is 0. The van der Waals surface area contributed by atoms with Gasteiger partial charge >= 0.3 is 0 Å². The van der Waals surface area contributed by atoms with Crippen LogP contribution in [0.15, 0.2) is 28.2 Å². The minimum atomic E-state index is -3.73. The van der Waals surface area contributed by atoms with Gasteiger partial charge in [-0.05, 0) is 62.6 Å². The monoisotopic (exact) mass is 443 g/mol. The third kappa shape index (κ3) is 4.56. The molecule has 0 spiro atoms. The first-order valence-electron chi connectivity index (χ1n) is 11.4. The molecule has 7 heteroatoms. The Labute approximate surface area is 186 Å². The summed E-state index contributed by atoms with van der Waals surface area (Å²) in [5.74, 6) is 1.33. The van der Waals surface area contributed by atoms with Gasteiger partial charge in [0.1, 0.15) is 10.7 Å². The maximum Gasteiger partial charge on any atom is 0.285 e. The van der Waals surface area contributed by atoms with E-state index in [0.717, 1.165) is 24.1 Å². The molecule has 2 aliphatic heterocycles. The van der Waals surface area contributed by atoms with Gasteiger partial charge in [-0.15, -0.1) is 4.40 Å². The molecule has 1 aromatic rings. The van der Waals surface area contributed by atoms with E-state index in [4.69, 9.17) is 0 Å². The van der Waals surface area contributed by atoms with Crippen molar-refractivity contribution in [2.75, 3.05) is 26.2 Å². The molecular weight excluding hydrogens is 410 g/mol.